The van der Waals surface area contributed by atoms with E-state index in [1.54, 1.807) is 13.2 Å². The van der Waals surface area contributed by atoms with Gasteiger partial charge in [0.1, 0.15) is 0 Å². The Morgan fingerprint density at radius 2 is 1.94 bits per heavy atom. The molecule has 2 heterocycles. The highest BCUT2D eigenvalue weighted by Gasteiger charge is 2.21. The van der Waals surface area contributed by atoms with E-state index < -0.39 is 0 Å². The first-order valence-corrected chi connectivity index (χ1v) is 10.5. The summed E-state index contributed by atoms with van der Waals surface area (Å²) in [6.07, 6.45) is 4.06. The summed E-state index contributed by atoms with van der Waals surface area (Å²) in [6, 6.07) is 19.2. The molecule has 7 heteroatoms. The third kappa shape index (κ3) is 6.22. The van der Waals surface area contributed by atoms with E-state index in [2.05, 4.69) is 87.0 Å². The van der Waals surface area contributed by atoms with Gasteiger partial charge in [0.05, 0.1) is 12.7 Å². The predicted octanol–water partition coefficient (Wildman–Crippen LogP) is 4.60. The van der Waals surface area contributed by atoms with Crippen LogP contribution in [0.3, 0.4) is 0 Å². The molecule has 1 fully saturated rings. The van der Waals surface area contributed by atoms with Gasteiger partial charge in [0.15, 0.2) is 11.7 Å². The van der Waals surface area contributed by atoms with Crippen molar-refractivity contribution < 1.29 is 4.42 Å². The second-order valence-electron chi connectivity index (χ2n) is 7.68. The van der Waals surface area contributed by atoms with Crippen molar-refractivity contribution in [2.45, 2.75) is 32.4 Å². The highest BCUT2D eigenvalue weighted by Crippen LogP contribution is 2.21. The number of rotatable bonds is 5. The van der Waals surface area contributed by atoms with Crippen molar-refractivity contribution in [3.8, 4) is 11.3 Å². The van der Waals surface area contributed by atoms with E-state index in [1.165, 1.54) is 11.3 Å². The van der Waals surface area contributed by atoms with Crippen LogP contribution in [0.1, 0.15) is 24.3 Å². The van der Waals surface area contributed by atoms with Gasteiger partial charge in [-0.2, -0.15) is 0 Å². The summed E-state index contributed by atoms with van der Waals surface area (Å²) in [6.45, 7) is 4.61. The van der Waals surface area contributed by atoms with E-state index in [9.17, 15) is 0 Å². The lowest BCUT2D eigenvalue weighted by Crippen LogP contribution is -2.51. The smallest absolute Gasteiger partial charge is 0.214 e. The molecule has 0 spiro atoms. The van der Waals surface area contributed by atoms with Crippen LogP contribution in [0, 0.1) is 6.92 Å². The number of para-hydroxylation sites is 1. The molecule has 2 N–H and O–H groups in total. The molecule has 6 nitrogen and oxygen atoms in total. The van der Waals surface area contributed by atoms with Crippen LogP contribution in [-0.4, -0.2) is 37.1 Å². The molecule has 1 aliphatic heterocycles. The Labute approximate surface area is 201 Å². The maximum Gasteiger partial charge on any atom is 0.214 e. The number of aliphatic imine (C=N–C) groups is 1. The molecule has 0 bridgehead atoms. The molecule has 0 radical (unpaired) electrons. The van der Waals surface area contributed by atoms with Crippen molar-refractivity contribution in [3.63, 3.8) is 0 Å². The predicted molar refractivity (Wildman–Crippen MR) is 137 cm³/mol. The summed E-state index contributed by atoms with van der Waals surface area (Å²) in [5.74, 6) is 2.19. The second-order valence-corrected chi connectivity index (χ2v) is 7.68. The lowest BCUT2D eigenvalue weighted by atomic mass is 10.1. The van der Waals surface area contributed by atoms with Gasteiger partial charge in [-0.05, 0) is 31.9 Å². The van der Waals surface area contributed by atoms with Gasteiger partial charge < -0.3 is 20.0 Å². The van der Waals surface area contributed by atoms with Crippen molar-refractivity contribution in [1.82, 2.24) is 15.6 Å². The summed E-state index contributed by atoms with van der Waals surface area (Å²) >= 11 is 0. The second kappa shape index (κ2) is 11.2. The standard InChI is InChI=1S/C24H29N5O.HI/c1-18-10-12-19(13-11-18)22-15-26-23(30-22)16-27-24(25-2)28-20-7-6-14-29(17-20)21-8-4-3-5-9-21;/h3-5,8-13,15,20H,6-7,14,16-17H2,1-2H3,(H2,25,27,28);1H. The molecular weight excluding hydrogens is 501 g/mol. The minimum Gasteiger partial charge on any atom is -0.439 e. The van der Waals surface area contributed by atoms with Gasteiger partial charge in [-0.3, -0.25) is 4.99 Å². The zero-order chi connectivity index (χ0) is 20.8. The average molecular weight is 531 g/mol. The molecule has 1 unspecified atom stereocenters. The van der Waals surface area contributed by atoms with E-state index in [1.807, 2.05) is 0 Å². The number of nitrogens with one attached hydrogen (secondary N) is 2. The number of piperidine rings is 1. The SMILES string of the molecule is CN=C(NCc1ncc(-c2ccc(C)cc2)o1)NC1CCCN(c2ccccc2)C1.I. The highest BCUT2D eigenvalue weighted by atomic mass is 127. The summed E-state index contributed by atoms with van der Waals surface area (Å²) < 4.78 is 5.90. The molecule has 31 heavy (non-hydrogen) atoms. The first-order valence-electron chi connectivity index (χ1n) is 10.5. The van der Waals surface area contributed by atoms with Crippen molar-refractivity contribution in [1.29, 1.82) is 0 Å². The van der Waals surface area contributed by atoms with Gasteiger partial charge in [-0.1, -0.05) is 48.0 Å². The molecule has 1 atom stereocenters. The Morgan fingerprint density at radius 3 is 2.68 bits per heavy atom. The number of guanidine groups is 1. The highest BCUT2D eigenvalue weighted by molar-refractivity contribution is 14.0. The molecule has 0 aliphatic carbocycles. The number of aromatic nitrogens is 1. The monoisotopic (exact) mass is 531 g/mol. The van der Waals surface area contributed by atoms with Crippen LogP contribution in [0.15, 0.2) is 70.2 Å². The van der Waals surface area contributed by atoms with Gasteiger partial charge in [0.2, 0.25) is 5.89 Å². The van der Waals surface area contributed by atoms with Gasteiger partial charge in [-0.25, -0.2) is 4.98 Å². The third-order valence-electron chi connectivity index (χ3n) is 5.40. The zero-order valence-electron chi connectivity index (χ0n) is 18.0. The Balaban J connectivity index is 0.00000272. The van der Waals surface area contributed by atoms with Crippen molar-refractivity contribution >= 4 is 35.6 Å². The van der Waals surface area contributed by atoms with Crippen LogP contribution in [0.4, 0.5) is 5.69 Å². The van der Waals surface area contributed by atoms with E-state index >= 15 is 0 Å². The van der Waals surface area contributed by atoms with Gasteiger partial charge >= 0.3 is 0 Å². The number of halogens is 1. The summed E-state index contributed by atoms with van der Waals surface area (Å²) in [5.41, 5.74) is 3.53. The van der Waals surface area contributed by atoms with Crippen LogP contribution in [0.25, 0.3) is 11.3 Å². The molecule has 4 rings (SSSR count). The van der Waals surface area contributed by atoms with Crippen LogP contribution >= 0.6 is 24.0 Å². The molecule has 1 aliphatic rings. The van der Waals surface area contributed by atoms with Gasteiger partial charge in [0, 0.05) is 37.4 Å². The van der Waals surface area contributed by atoms with E-state index in [0.717, 1.165) is 43.2 Å². The van der Waals surface area contributed by atoms with E-state index in [-0.39, 0.29) is 24.0 Å². The van der Waals surface area contributed by atoms with E-state index in [4.69, 9.17) is 4.42 Å². The molecule has 1 saturated heterocycles. The van der Waals surface area contributed by atoms with Crippen LogP contribution in [0.2, 0.25) is 0 Å². The minimum atomic E-state index is 0. The average Bonchev–Trinajstić information content (AvgIpc) is 3.27. The number of oxazole rings is 1. The summed E-state index contributed by atoms with van der Waals surface area (Å²) in [5, 5.41) is 6.87. The number of anilines is 1. The minimum absolute atomic E-state index is 0. The first kappa shape index (κ1) is 23.1. The fourth-order valence-corrected chi connectivity index (χ4v) is 3.76. The molecular formula is C24H30IN5O. The topological polar surface area (TPSA) is 65.7 Å². The molecule has 3 aromatic rings. The quantitative estimate of drug-likeness (QED) is 0.286. The Hall–Kier alpha value is -2.55. The van der Waals surface area contributed by atoms with Crippen LogP contribution < -0.4 is 15.5 Å². The van der Waals surface area contributed by atoms with E-state index in [0.29, 0.717) is 18.5 Å². The van der Waals surface area contributed by atoms with Crippen LogP contribution in [-0.2, 0) is 6.54 Å². The summed E-state index contributed by atoms with van der Waals surface area (Å²) in [7, 11) is 1.79. The third-order valence-corrected chi connectivity index (χ3v) is 5.40. The fraction of sp³-hybridized carbons (Fsp3) is 0.333. The van der Waals surface area contributed by atoms with Crippen LogP contribution in [0.5, 0.6) is 0 Å². The number of nitrogens with zero attached hydrogens (tertiary/aromatic N) is 3. The number of hydrogen-bond donors (Lipinski definition) is 2. The number of aryl methyl sites for hydroxylation is 1. The van der Waals surface area contributed by atoms with Gasteiger partial charge in [-0.15, -0.1) is 24.0 Å². The normalized spacial score (nSPS) is 16.5. The Bertz CT molecular complexity index is 971. The largest absolute Gasteiger partial charge is 0.439 e. The number of hydrogen-bond acceptors (Lipinski definition) is 4. The van der Waals surface area contributed by atoms with Gasteiger partial charge in [0.25, 0.3) is 0 Å². The van der Waals surface area contributed by atoms with Crippen molar-refractivity contribution in [2.24, 2.45) is 4.99 Å². The first-order chi connectivity index (χ1) is 14.7. The Kier molecular flexibility index (Phi) is 8.34. The lowest BCUT2D eigenvalue weighted by Gasteiger charge is -2.35. The Morgan fingerprint density at radius 1 is 1.16 bits per heavy atom. The number of benzene rings is 2. The zero-order valence-corrected chi connectivity index (χ0v) is 20.4. The summed E-state index contributed by atoms with van der Waals surface area (Å²) in [4.78, 5) is 11.2. The van der Waals surface area contributed by atoms with Crippen molar-refractivity contribution in [3.05, 3.63) is 72.2 Å². The molecule has 2 aromatic carbocycles. The van der Waals surface area contributed by atoms with Crippen molar-refractivity contribution in [2.75, 3.05) is 25.0 Å². The maximum absolute atomic E-state index is 5.90. The maximum atomic E-state index is 5.90. The molecule has 0 amide bonds. The molecule has 1 aromatic heterocycles. The lowest BCUT2D eigenvalue weighted by molar-refractivity contribution is 0.462. The fourth-order valence-electron chi connectivity index (χ4n) is 3.76. The molecule has 164 valence electrons. The molecule has 0 saturated carbocycles.